The van der Waals surface area contributed by atoms with E-state index in [1.165, 1.54) is 12.3 Å². The number of fused-ring (bicyclic) bond motifs is 1. The van der Waals surface area contributed by atoms with Gasteiger partial charge in [0.05, 0.1) is 30.1 Å². The SMILES string of the molecule is CC(C)(C)OC(=O)N[C@H](COCCCc1nc(Cl)cc2cnn(C(F)F)c12)c1ccccc1. The minimum absolute atomic E-state index is 0.219. The highest BCUT2D eigenvalue weighted by Crippen LogP contribution is 2.25. The molecular formula is C23H27ClF2N4O3. The van der Waals surface area contributed by atoms with Crippen LogP contribution < -0.4 is 5.32 Å². The number of aryl methyl sites for hydroxylation is 1. The summed E-state index contributed by atoms with van der Waals surface area (Å²) in [5.74, 6) is 0. The van der Waals surface area contributed by atoms with Gasteiger partial charge < -0.3 is 14.8 Å². The first kappa shape index (κ1) is 24.9. The molecule has 2 heterocycles. The summed E-state index contributed by atoms with van der Waals surface area (Å²) in [6.45, 7) is 3.16. The molecule has 1 amide bonds. The number of rotatable bonds is 9. The van der Waals surface area contributed by atoms with Crippen molar-refractivity contribution < 1.29 is 23.0 Å². The Morgan fingerprint density at radius 3 is 2.64 bits per heavy atom. The molecular weight excluding hydrogens is 454 g/mol. The molecule has 178 valence electrons. The standard InChI is InChI=1S/C23H27ClF2N4O3/c1-23(2,3)33-22(31)29-18(15-8-5-4-6-9-15)14-32-11-7-10-17-20-16(12-19(24)28-17)13-27-30(20)21(25)26/h4-6,8-9,12-13,18,21H,7,10-11,14H2,1-3H3,(H,29,31)/t18-/m1/s1. The van der Waals surface area contributed by atoms with Crippen molar-refractivity contribution in [2.24, 2.45) is 0 Å². The second kappa shape index (κ2) is 10.9. The molecule has 3 rings (SSSR count). The molecule has 0 unspecified atom stereocenters. The van der Waals surface area contributed by atoms with Crippen LogP contribution in [-0.2, 0) is 15.9 Å². The van der Waals surface area contributed by atoms with E-state index in [1.807, 2.05) is 30.3 Å². The molecule has 0 bridgehead atoms. The van der Waals surface area contributed by atoms with Gasteiger partial charge in [-0.25, -0.2) is 14.5 Å². The number of halogens is 3. The van der Waals surface area contributed by atoms with E-state index in [9.17, 15) is 13.6 Å². The molecule has 0 saturated heterocycles. The Morgan fingerprint density at radius 1 is 1.24 bits per heavy atom. The van der Waals surface area contributed by atoms with Crippen molar-refractivity contribution in [1.82, 2.24) is 20.1 Å². The quantitative estimate of drug-likeness (QED) is 0.314. The number of carbonyl (C=O) groups excluding carboxylic acids is 1. The Hall–Kier alpha value is -2.78. The normalized spacial score (nSPS) is 12.8. The minimum Gasteiger partial charge on any atom is -0.444 e. The molecule has 1 atom stereocenters. The van der Waals surface area contributed by atoms with Crippen LogP contribution in [0.3, 0.4) is 0 Å². The summed E-state index contributed by atoms with van der Waals surface area (Å²) in [6.07, 6.45) is 1.71. The van der Waals surface area contributed by atoms with Crippen LogP contribution in [0, 0.1) is 0 Å². The number of hydrogen-bond donors (Lipinski definition) is 1. The van der Waals surface area contributed by atoms with Crippen LogP contribution in [0.2, 0.25) is 5.15 Å². The van der Waals surface area contributed by atoms with Gasteiger partial charge in [0, 0.05) is 12.0 Å². The first-order chi connectivity index (χ1) is 15.6. The molecule has 0 spiro atoms. The number of hydrogen-bond acceptors (Lipinski definition) is 5. The number of aromatic nitrogens is 3. The molecule has 1 N–H and O–H groups in total. The third-order valence-electron chi connectivity index (χ3n) is 4.68. The second-order valence-electron chi connectivity index (χ2n) is 8.48. The van der Waals surface area contributed by atoms with E-state index >= 15 is 0 Å². The smallest absolute Gasteiger partial charge is 0.408 e. The largest absolute Gasteiger partial charge is 0.444 e. The van der Waals surface area contributed by atoms with Crippen LogP contribution in [0.1, 0.15) is 51.0 Å². The Balaban J connectivity index is 1.60. The predicted molar refractivity (Wildman–Crippen MR) is 121 cm³/mol. The lowest BCUT2D eigenvalue weighted by atomic mass is 10.1. The molecule has 0 saturated carbocycles. The monoisotopic (exact) mass is 480 g/mol. The number of alkyl halides is 2. The summed E-state index contributed by atoms with van der Waals surface area (Å²) in [7, 11) is 0. The van der Waals surface area contributed by atoms with Crippen LogP contribution in [0.25, 0.3) is 10.9 Å². The third-order valence-corrected chi connectivity index (χ3v) is 4.87. The lowest BCUT2D eigenvalue weighted by Crippen LogP contribution is -2.36. The Bertz CT molecular complexity index is 1070. The fourth-order valence-electron chi connectivity index (χ4n) is 3.34. The molecule has 3 aromatic rings. The van der Waals surface area contributed by atoms with Crippen molar-refractivity contribution >= 4 is 28.6 Å². The third kappa shape index (κ3) is 7.10. The van der Waals surface area contributed by atoms with Crippen LogP contribution in [0.4, 0.5) is 13.6 Å². The molecule has 0 radical (unpaired) electrons. The number of nitrogens with one attached hydrogen (secondary N) is 1. The van der Waals surface area contributed by atoms with Crippen molar-refractivity contribution in [1.29, 1.82) is 0 Å². The predicted octanol–water partition coefficient (Wildman–Crippen LogP) is 5.70. The molecule has 1 aromatic carbocycles. The maximum Gasteiger partial charge on any atom is 0.408 e. The van der Waals surface area contributed by atoms with Crippen molar-refractivity contribution in [2.75, 3.05) is 13.2 Å². The highest BCUT2D eigenvalue weighted by Gasteiger charge is 2.21. The van der Waals surface area contributed by atoms with Crippen molar-refractivity contribution in [3.05, 3.63) is 59.0 Å². The number of carbonyl (C=O) groups is 1. The minimum atomic E-state index is -2.77. The van der Waals surface area contributed by atoms with Gasteiger partial charge in [0.1, 0.15) is 10.8 Å². The van der Waals surface area contributed by atoms with E-state index in [0.717, 1.165) is 5.56 Å². The van der Waals surface area contributed by atoms with Gasteiger partial charge in [-0.1, -0.05) is 41.9 Å². The molecule has 2 aromatic heterocycles. The summed E-state index contributed by atoms with van der Waals surface area (Å²) in [5.41, 5.74) is 0.961. The fourth-order valence-corrected chi connectivity index (χ4v) is 3.56. The van der Waals surface area contributed by atoms with Gasteiger partial charge in [-0.2, -0.15) is 13.9 Å². The van der Waals surface area contributed by atoms with Crippen molar-refractivity contribution in [3.63, 3.8) is 0 Å². The van der Waals surface area contributed by atoms with E-state index in [4.69, 9.17) is 21.1 Å². The highest BCUT2D eigenvalue weighted by atomic mass is 35.5. The van der Waals surface area contributed by atoms with Gasteiger partial charge in [0.15, 0.2) is 0 Å². The average Bonchev–Trinajstić information content (AvgIpc) is 3.16. The summed E-state index contributed by atoms with van der Waals surface area (Å²) >= 11 is 6.04. The number of nitrogens with zero attached hydrogens (tertiary/aromatic N) is 3. The van der Waals surface area contributed by atoms with E-state index in [0.29, 0.717) is 35.2 Å². The first-order valence-electron chi connectivity index (χ1n) is 10.6. The second-order valence-corrected chi connectivity index (χ2v) is 8.87. The van der Waals surface area contributed by atoms with Gasteiger partial charge in [-0.3, -0.25) is 0 Å². The van der Waals surface area contributed by atoms with Gasteiger partial charge in [-0.15, -0.1) is 0 Å². The Morgan fingerprint density at radius 2 is 1.97 bits per heavy atom. The number of pyridine rings is 1. The number of benzene rings is 1. The van der Waals surface area contributed by atoms with Crippen LogP contribution in [0.15, 0.2) is 42.6 Å². The van der Waals surface area contributed by atoms with Gasteiger partial charge in [-0.05, 0) is 45.2 Å². The van der Waals surface area contributed by atoms with Crippen LogP contribution >= 0.6 is 11.6 Å². The highest BCUT2D eigenvalue weighted by molar-refractivity contribution is 6.30. The van der Waals surface area contributed by atoms with E-state index in [-0.39, 0.29) is 17.3 Å². The summed E-state index contributed by atoms with van der Waals surface area (Å²) in [6, 6.07) is 10.5. The van der Waals surface area contributed by atoms with Gasteiger partial charge in [0.2, 0.25) is 0 Å². The molecule has 7 nitrogen and oxygen atoms in total. The van der Waals surface area contributed by atoms with Gasteiger partial charge in [0.25, 0.3) is 0 Å². The van der Waals surface area contributed by atoms with Crippen molar-refractivity contribution in [3.8, 4) is 0 Å². The average molecular weight is 481 g/mol. The van der Waals surface area contributed by atoms with Gasteiger partial charge >= 0.3 is 12.6 Å². The summed E-state index contributed by atoms with van der Waals surface area (Å²) in [4.78, 5) is 16.5. The Kier molecular flexibility index (Phi) is 8.20. The molecule has 0 aliphatic heterocycles. The number of alkyl carbamates (subject to hydrolysis) is 1. The molecule has 0 fully saturated rings. The number of amides is 1. The van der Waals surface area contributed by atoms with Crippen LogP contribution in [-0.4, -0.2) is 39.7 Å². The molecule has 0 aliphatic rings. The molecule has 0 aliphatic carbocycles. The summed E-state index contributed by atoms with van der Waals surface area (Å²) < 4.78 is 38.4. The van der Waals surface area contributed by atoms with Crippen molar-refractivity contribution in [2.45, 2.75) is 51.8 Å². The lowest BCUT2D eigenvalue weighted by Gasteiger charge is -2.24. The first-order valence-corrected chi connectivity index (χ1v) is 10.9. The zero-order valence-electron chi connectivity index (χ0n) is 18.7. The summed E-state index contributed by atoms with van der Waals surface area (Å²) in [5, 5.41) is 7.30. The van der Waals surface area contributed by atoms with E-state index < -0.39 is 24.3 Å². The van der Waals surface area contributed by atoms with Crippen LogP contribution in [0.5, 0.6) is 0 Å². The van der Waals surface area contributed by atoms with E-state index in [1.54, 1.807) is 20.8 Å². The maximum absolute atomic E-state index is 13.3. The number of ether oxygens (including phenoxy) is 2. The molecule has 10 heteroatoms. The Labute approximate surface area is 196 Å². The lowest BCUT2D eigenvalue weighted by molar-refractivity contribution is 0.0438. The van der Waals surface area contributed by atoms with E-state index in [2.05, 4.69) is 15.4 Å². The zero-order valence-corrected chi connectivity index (χ0v) is 19.5. The fraction of sp³-hybridized carbons (Fsp3) is 0.435. The molecule has 33 heavy (non-hydrogen) atoms. The zero-order chi connectivity index (χ0) is 24.0. The topological polar surface area (TPSA) is 78.3 Å². The maximum atomic E-state index is 13.3.